The minimum atomic E-state index is -1.32. The van der Waals surface area contributed by atoms with Crippen molar-refractivity contribution in [2.45, 2.75) is 19.6 Å². The number of carbonyl (C=O) groups is 1. The molecule has 1 rings (SSSR count). The molecule has 3 nitrogen and oxygen atoms in total. The highest BCUT2D eigenvalue weighted by atomic mass is 28.3. The second kappa shape index (κ2) is 3.78. The Labute approximate surface area is 78.7 Å². The van der Waals surface area contributed by atoms with Crippen molar-refractivity contribution in [3.05, 3.63) is 24.2 Å². The van der Waals surface area contributed by atoms with Crippen molar-refractivity contribution in [2.24, 2.45) is 0 Å². The maximum absolute atomic E-state index is 11.3. The van der Waals surface area contributed by atoms with E-state index in [0.29, 0.717) is 6.23 Å². The molecule has 0 aliphatic heterocycles. The summed E-state index contributed by atoms with van der Waals surface area (Å²) in [5.41, 5.74) is 0. The smallest absolute Gasteiger partial charge is 0.373 e. The van der Waals surface area contributed by atoms with Crippen molar-refractivity contribution in [1.82, 2.24) is 0 Å². The Bertz CT molecular complexity index is 272. The zero-order valence-electron chi connectivity index (χ0n) is 8.16. The van der Waals surface area contributed by atoms with E-state index in [1.807, 2.05) is 0 Å². The summed E-state index contributed by atoms with van der Waals surface area (Å²) in [5, 5.41) is 0. The quantitative estimate of drug-likeness (QED) is 0.552. The second-order valence-electron chi connectivity index (χ2n) is 4.11. The van der Waals surface area contributed by atoms with Crippen LogP contribution in [0, 0.1) is 0 Å². The molecule has 0 spiro atoms. The molecule has 0 saturated carbocycles. The summed E-state index contributed by atoms with van der Waals surface area (Å²) in [6.07, 6.45) is 2.00. The summed E-state index contributed by atoms with van der Waals surface area (Å²) in [4.78, 5) is 11.3. The Balaban J connectivity index is 2.44. The third-order valence-corrected chi connectivity index (χ3v) is 2.37. The summed E-state index contributed by atoms with van der Waals surface area (Å²) in [7, 11) is -1.32. The number of furan rings is 1. The van der Waals surface area contributed by atoms with Gasteiger partial charge in [-0.2, -0.15) is 0 Å². The first-order valence-corrected chi connectivity index (χ1v) is 7.90. The van der Waals surface area contributed by atoms with Crippen molar-refractivity contribution in [3.8, 4) is 0 Å². The van der Waals surface area contributed by atoms with Gasteiger partial charge in [0.05, 0.1) is 20.6 Å². The molecule has 0 aliphatic rings. The van der Waals surface area contributed by atoms with Crippen molar-refractivity contribution in [1.29, 1.82) is 0 Å². The molecule has 0 aliphatic carbocycles. The zero-order chi connectivity index (χ0) is 9.90. The Hall–Kier alpha value is -1.03. The van der Waals surface area contributed by atoms with Crippen molar-refractivity contribution in [3.63, 3.8) is 0 Å². The van der Waals surface area contributed by atoms with Crippen LogP contribution in [0.4, 0.5) is 0 Å². The van der Waals surface area contributed by atoms with Crippen LogP contribution in [0.25, 0.3) is 0 Å². The lowest BCUT2D eigenvalue weighted by atomic mass is 10.5. The average molecular weight is 198 g/mol. The van der Waals surface area contributed by atoms with Gasteiger partial charge < -0.3 is 9.15 Å². The summed E-state index contributed by atoms with van der Waals surface area (Å²) in [5.74, 6) is -0.0920. The lowest BCUT2D eigenvalue weighted by molar-refractivity contribution is 0.0529. The third-order valence-electron chi connectivity index (χ3n) is 1.36. The minimum absolute atomic E-state index is 0.276. The van der Waals surface area contributed by atoms with Crippen LogP contribution in [0.2, 0.25) is 19.6 Å². The first-order chi connectivity index (χ1) is 5.99. The van der Waals surface area contributed by atoms with Crippen LogP contribution >= 0.6 is 0 Å². The number of ether oxygens (including phenoxy) is 1. The second-order valence-corrected chi connectivity index (χ2v) is 9.52. The number of carbonyl (C=O) groups excluding carboxylic acids is 1. The van der Waals surface area contributed by atoms with Gasteiger partial charge >= 0.3 is 5.97 Å². The maximum atomic E-state index is 11.3. The fourth-order valence-corrected chi connectivity index (χ4v) is 1.31. The molecule has 0 atom stereocenters. The number of rotatable bonds is 3. The standard InChI is InChI=1S/C9H14O3Si/c1-13(2,3)7-12-9(10)8-5-4-6-11-8/h4-6H,7H2,1-3H3. The van der Waals surface area contributed by atoms with Gasteiger partial charge in [0.1, 0.15) is 0 Å². The molecule has 0 amide bonds. The molecule has 1 aromatic rings. The van der Waals surface area contributed by atoms with Gasteiger partial charge in [-0.3, -0.25) is 0 Å². The SMILES string of the molecule is C[Si](C)(C)COC(=O)c1ccco1. The lowest BCUT2D eigenvalue weighted by Gasteiger charge is -2.14. The van der Waals surface area contributed by atoms with Gasteiger partial charge in [-0.15, -0.1) is 0 Å². The first kappa shape index (κ1) is 10.1. The highest BCUT2D eigenvalue weighted by molar-refractivity contribution is 6.76. The molecular weight excluding hydrogens is 184 g/mol. The van der Waals surface area contributed by atoms with Crippen LogP contribution < -0.4 is 0 Å². The van der Waals surface area contributed by atoms with Crippen LogP contribution in [0.1, 0.15) is 10.6 Å². The molecule has 0 N–H and O–H groups in total. The van der Waals surface area contributed by atoms with E-state index < -0.39 is 8.07 Å². The summed E-state index contributed by atoms with van der Waals surface area (Å²) < 4.78 is 9.98. The van der Waals surface area contributed by atoms with Crippen molar-refractivity contribution >= 4 is 14.0 Å². The van der Waals surface area contributed by atoms with Crippen LogP contribution in [-0.2, 0) is 4.74 Å². The van der Waals surface area contributed by atoms with E-state index >= 15 is 0 Å². The predicted molar refractivity (Wildman–Crippen MR) is 52.3 cm³/mol. The normalized spacial score (nSPS) is 11.3. The Morgan fingerprint density at radius 1 is 1.54 bits per heavy atom. The molecular formula is C9H14O3Si. The topological polar surface area (TPSA) is 39.4 Å². The molecule has 1 aromatic heterocycles. The van der Waals surface area contributed by atoms with Gasteiger partial charge in [0.25, 0.3) is 0 Å². The molecule has 0 bridgehead atoms. The maximum Gasteiger partial charge on any atom is 0.373 e. The van der Waals surface area contributed by atoms with Crippen molar-refractivity contribution < 1.29 is 13.9 Å². The first-order valence-electron chi connectivity index (χ1n) is 4.20. The van der Waals surface area contributed by atoms with Crippen LogP contribution in [0.5, 0.6) is 0 Å². The fourth-order valence-electron chi connectivity index (χ4n) is 0.748. The zero-order valence-corrected chi connectivity index (χ0v) is 9.16. The lowest BCUT2D eigenvalue weighted by Crippen LogP contribution is -2.29. The molecule has 1 heterocycles. The molecule has 4 heteroatoms. The number of esters is 1. The molecule has 72 valence electrons. The highest BCUT2D eigenvalue weighted by Gasteiger charge is 2.18. The molecule has 0 fully saturated rings. The van der Waals surface area contributed by atoms with Gasteiger partial charge in [0.2, 0.25) is 5.76 Å². The molecule has 0 radical (unpaired) electrons. The molecule has 0 unspecified atom stereocenters. The van der Waals surface area contributed by atoms with Crippen LogP contribution in [0.15, 0.2) is 22.8 Å². The summed E-state index contributed by atoms with van der Waals surface area (Å²) in [6, 6.07) is 3.28. The fraction of sp³-hybridized carbons (Fsp3) is 0.444. The van der Waals surface area contributed by atoms with Gasteiger partial charge in [0.15, 0.2) is 0 Å². The predicted octanol–water partition coefficient (Wildman–Crippen LogP) is 2.31. The van der Waals surface area contributed by atoms with E-state index in [-0.39, 0.29) is 11.7 Å². The Morgan fingerprint density at radius 2 is 2.23 bits per heavy atom. The Morgan fingerprint density at radius 3 is 2.69 bits per heavy atom. The van der Waals surface area contributed by atoms with E-state index in [0.717, 1.165) is 0 Å². The largest absolute Gasteiger partial charge is 0.464 e. The highest BCUT2D eigenvalue weighted by Crippen LogP contribution is 2.06. The van der Waals surface area contributed by atoms with Gasteiger partial charge in [-0.1, -0.05) is 19.6 Å². The molecule has 13 heavy (non-hydrogen) atoms. The van der Waals surface area contributed by atoms with E-state index in [1.165, 1.54) is 6.26 Å². The van der Waals surface area contributed by atoms with E-state index in [9.17, 15) is 4.79 Å². The Kier molecular flexibility index (Phi) is 2.93. The average Bonchev–Trinajstić information content (AvgIpc) is 2.50. The molecule has 0 aromatic carbocycles. The van der Waals surface area contributed by atoms with Crippen molar-refractivity contribution in [2.75, 3.05) is 6.23 Å². The number of hydrogen-bond donors (Lipinski definition) is 0. The van der Waals surface area contributed by atoms with Crippen LogP contribution in [-0.4, -0.2) is 20.3 Å². The van der Waals surface area contributed by atoms with E-state index in [2.05, 4.69) is 19.6 Å². The summed E-state index contributed by atoms with van der Waals surface area (Å²) in [6.45, 7) is 6.42. The molecule has 0 saturated heterocycles. The third kappa shape index (κ3) is 3.46. The van der Waals surface area contributed by atoms with Gasteiger partial charge in [-0.05, 0) is 12.1 Å². The minimum Gasteiger partial charge on any atom is -0.464 e. The van der Waals surface area contributed by atoms with E-state index in [1.54, 1.807) is 12.1 Å². The number of hydrogen-bond acceptors (Lipinski definition) is 3. The summed E-state index contributed by atoms with van der Waals surface area (Å²) >= 11 is 0. The van der Waals surface area contributed by atoms with E-state index in [4.69, 9.17) is 9.15 Å². The monoisotopic (exact) mass is 198 g/mol. The van der Waals surface area contributed by atoms with Crippen LogP contribution in [0.3, 0.4) is 0 Å². The van der Waals surface area contributed by atoms with Gasteiger partial charge in [0, 0.05) is 0 Å². The van der Waals surface area contributed by atoms with Gasteiger partial charge in [-0.25, -0.2) is 4.79 Å².